The van der Waals surface area contributed by atoms with E-state index in [9.17, 15) is 13.6 Å². The molecule has 3 aromatic rings. The van der Waals surface area contributed by atoms with Crippen LogP contribution in [0.4, 0.5) is 8.78 Å². The Morgan fingerprint density at radius 2 is 2.10 bits per heavy atom. The first-order valence-electron chi connectivity index (χ1n) is 5.98. The van der Waals surface area contributed by atoms with Crippen LogP contribution in [-0.2, 0) is 0 Å². The number of aromatic nitrogens is 3. The first-order valence-corrected chi connectivity index (χ1v) is 5.98. The first-order chi connectivity index (χ1) is 10.1. The van der Waals surface area contributed by atoms with E-state index >= 15 is 0 Å². The van der Waals surface area contributed by atoms with Gasteiger partial charge in [0.25, 0.3) is 5.56 Å². The summed E-state index contributed by atoms with van der Waals surface area (Å²) < 4.78 is 33.6. The Morgan fingerprint density at radius 3 is 2.81 bits per heavy atom. The minimum absolute atomic E-state index is 0.0641. The summed E-state index contributed by atoms with van der Waals surface area (Å²) in [6, 6.07) is 5.83. The van der Waals surface area contributed by atoms with E-state index in [2.05, 4.69) is 9.97 Å². The molecule has 21 heavy (non-hydrogen) atoms. The van der Waals surface area contributed by atoms with Crippen molar-refractivity contribution in [2.45, 2.75) is 0 Å². The van der Waals surface area contributed by atoms with E-state index in [0.717, 1.165) is 10.5 Å². The Bertz CT molecular complexity index is 893. The molecule has 5 nitrogen and oxygen atoms in total. The van der Waals surface area contributed by atoms with Gasteiger partial charge in [-0.2, -0.15) is 4.39 Å². The van der Waals surface area contributed by atoms with Gasteiger partial charge in [-0.15, -0.1) is 0 Å². The van der Waals surface area contributed by atoms with Crippen molar-refractivity contribution in [3.63, 3.8) is 0 Å². The van der Waals surface area contributed by atoms with Crippen molar-refractivity contribution >= 4 is 5.65 Å². The lowest BCUT2D eigenvalue weighted by atomic mass is 10.2. The molecule has 0 atom stereocenters. The summed E-state index contributed by atoms with van der Waals surface area (Å²) >= 11 is 0. The number of pyridine rings is 2. The summed E-state index contributed by atoms with van der Waals surface area (Å²) in [5.41, 5.74) is -0.781. The van der Waals surface area contributed by atoms with Crippen LogP contribution >= 0.6 is 0 Å². The van der Waals surface area contributed by atoms with Crippen molar-refractivity contribution in [1.82, 2.24) is 14.4 Å². The molecule has 0 saturated heterocycles. The lowest BCUT2D eigenvalue weighted by Crippen LogP contribution is -2.19. The summed E-state index contributed by atoms with van der Waals surface area (Å²) in [7, 11) is 1.27. The molecule has 0 N–H and O–H groups in total. The van der Waals surface area contributed by atoms with Crippen molar-refractivity contribution in [1.29, 1.82) is 0 Å². The van der Waals surface area contributed by atoms with Crippen molar-refractivity contribution in [3.05, 3.63) is 58.6 Å². The molecule has 0 aliphatic rings. The second-order valence-electron chi connectivity index (χ2n) is 4.22. The highest BCUT2D eigenvalue weighted by atomic mass is 19.1. The van der Waals surface area contributed by atoms with Crippen molar-refractivity contribution in [3.8, 4) is 17.1 Å². The fraction of sp³-hybridized carbons (Fsp3) is 0.0714. The molecule has 0 spiro atoms. The summed E-state index contributed by atoms with van der Waals surface area (Å²) in [6.45, 7) is 0. The Morgan fingerprint density at radius 1 is 1.29 bits per heavy atom. The Kier molecular flexibility index (Phi) is 3.09. The third-order valence-electron chi connectivity index (χ3n) is 2.95. The van der Waals surface area contributed by atoms with Gasteiger partial charge in [-0.25, -0.2) is 14.4 Å². The predicted octanol–water partition coefficient (Wildman–Crippen LogP) is 2.04. The number of fused-ring (bicyclic) bond motifs is 1. The summed E-state index contributed by atoms with van der Waals surface area (Å²) in [4.78, 5) is 19.7. The van der Waals surface area contributed by atoms with E-state index in [1.807, 2.05) is 0 Å². The standard InChI is InChI=1S/C14H9F2N3O2/c1-21-13-9(15)6-8(7-17-13)12-11(16)14(20)19-5-3-2-4-10(19)18-12/h2-7H,1H3. The molecule has 3 aromatic heterocycles. The van der Waals surface area contributed by atoms with Crippen LogP contribution in [0.3, 0.4) is 0 Å². The smallest absolute Gasteiger partial charge is 0.294 e. The van der Waals surface area contributed by atoms with Crippen LogP contribution in [0.5, 0.6) is 5.88 Å². The zero-order valence-electron chi connectivity index (χ0n) is 10.9. The normalized spacial score (nSPS) is 10.8. The van der Waals surface area contributed by atoms with Crippen molar-refractivity contribution in [2.75, 3.05) is 7.11 Å². The van der Waals surface area contributed by atoms with Gasteiger partial charge in [-0.05, 0) is 18.2 Å². The maximum atomic E-state index is 14.2. The van der Waals surface area contributed by atoms with E-state index in [1.165, 1.54) is 19.5 Å². The highest BCUT2D eigenvalue weighted by Gasteiger charge is 2.16. The third-order valence-corrected chi connectivity index (χ3v) is 2.95. The second kappa shape index (κ2) is 4.93. The molecule has 7 heteroatoms. The van der Waals surface area contributed by atoms with Crippen LogP contribution in [-0.4, -0.2) is 21.5 Å². The monoisotopic (exact) mass is 289 g/mol. The van der Waals surface area contributed by atoms with Gasteiger partial charge in [0.15, 0.2) is 5.82 Å². The summed E-state index contributed by atoms with van der Waals surface area (Å²) in [5, 5.41) is 0. The number of methoxy groups -OCH3 is 1. The SMILES string of the molecule is COc1ncc(-c2nc3ccccn3c(=O)c2F)cc1F. The topological polar surface area (TPSA) is 56.5 Å². The van der Waals surface area contributed by atoms with Crippen molar-refractivity contribution < 1.29 is 13.5 Å². The van der Waals surface area contributed by atoms with Gasteiger partial charge >= 0.3 is 0 Å². The van der Waals surface area contributed by atoms with Gasteiger partial charge in [0.05, 0.1) is 7.11 Å². The molecule has 0 amide bonds. The maximum Gasteiger partial charge on any atom is 0.294 e. The number of rotatable bonds is 2. The van der Waals surface area contributed by atoms with E-state index in [-0.39, 0.29) is 22.8 Å². The molecule has 0 bridgehead atoms. The third kappa shape index (κ3) is 2.12. The van der Waals surface area contributed by atoms with Crippen LogP contribution in [0, 0.1) is 11.6 Å². The minimum Gasteiger partial charge on any atom is -0.479 e. The number of hydrogen-bond donors (Lipinski definition) is 0. The van der Waals surface area contributed by atoms with Crippen LogP contribution in [0.15, 0.2) is 41.5 Å². The average Bonchev–Trinajstić information content (AvgIpc) is 2.51. The Labute approximate surface area is 117 Å². The molecule has 0 aliphatic heterocycles. The first kappa shape index (κ1) is 13.2. The second-order valence-corrected chi connectivity index (χ2v) is 4.22. The quantitative estimate of drug-likeness (QED) is 0.724. The Balaban J connectivity index is 2.28. The van der Waals surface area contributed by atoms with Crippen molar-refractivity contribution in [2.24, 2.45) is 0 Å². The zero-order valence-corrected chi connectivity index (χ0v) is 10.9. The van der Waals surface area contributed by atoms with Gasteiger partial charge in [0, 0.05) is 18.0 Å². The van der Waals surface area contributed by atoms with E-state index in [1.54, 1.807) is 18.2 Å². The number of hydrogen-bond acceptors (Lipinski definition) is 4. The van der Waals surface area contributed by atoms with Gasteiger partial charge < -0.3 is 4.74 Å². The molecule has 0 aromatic carbocycles. The van der Waals surface area contributed by atoms with Crippen LogP contribution in [0.1, 0.15) is 0 Å². The van der Waals surface area contributed by atoms with Gasteiger partial charge in [0.1, 0.15) is 11.3 Å². The van der Waals surface area contributed by atoms with Crippen LogP contribution in [0.2, 0.25) is 0 Å². The fourth-order valence-electron chi connectivity index (χ4n) is 1.96. The number of nitrogens with zero attached hydrogens (tertiary/aromatic N) is 3. The lowest BCUT2D eigenvalue weighted by molar-refractivity contribution is 0.369. The fourth-order valence-corrected chi connectivity index (χ4v) is 1.96. The highest BCUT2D eigenvalue weighted by Crippen LogP contribution is 2.23. The molecule has 106 valence electrons. The molecule has 0 unspecified atom stereocenters. The largest absolute Gasteiger partial charge is 0.479 e. The molecule has 0 saturated carbocycles. The van der Waals surface area contributed by atoms with Crippen LogP contribution < -0.4 is 10.3 Å². The maximum absolute atomic E-state index is 14.2. The molecule has 0 radical (unpaired) electrons. The minimum atomic E-state index is -1.06. The van der Waals surface area contributed by atoms with Gasteiger partial charge in [-0.1, -0.05) is 6.07 Å². The summed E-state index contributed by atoms with van der Waals surface area (Å²) in [5.74, 6) is -2.04. The molecule has 3 rings (SSSR count). The number of halogens is 2. The summed E-state index contributed by atoms with van der Waals surface area (Å²) in [6.07, 6.45) is 2.61. The van der Waals surface area contributed by atoms with Gasteiger partial charge in [-0.3, -0.25) is 9.20 Å². The van der Waals surface area contributed by atoms with Crippen LogP contribution in [0.25, 0.3) is 16.9 Å². The molecular formula is C14H9F2N3O2. The average molecular weight is 289 g/mol. The molecule has 0 fully saturated rings. The van der Waals surface area contributed by atoms with E-state index < -0.39 is 17.2 Å². The molecule has 0 aliphatic carbocycles. The lowest BCUT2D eigenvalue weighted by Gasteiger charge is -2.07. The van der Waals surface area contributed by atoms with Gasteiger partial charge in [0.2, 0.25) is 11.7 Å². The van der Waals surface area contributed by atoms with E-state index in [0.29, 0.717) is 0 Å². The number of ether oxygens (including phenoxy) is 1. The zero-order chi connectivity index (χ0) is 15.0. The van der Waals surface area contributed by atoms with E-state index in [4.69, 9.17) is 4.74 Å². The molecule has 3 heterocycles. The Hall–Kier alpha value is -2.83. The predicted molar refractivity (Wildman–Crippen MR) is 71.2 cm³/mol. The molecular weight excluding hydrogens is 280 g/mol. The highest BCUT2D eigenvalue weighted by molar-refractivity contribution is 5.61.